The van der Waals surface area contributed by atoms with Gasteiger partial charge < -0.3 is 14.8 Å². The summed E-state index contributed by atoms with van der Waals surface area (Å²) in [6.07, 6.45) is -1.03. The summed E-state index contributed by atoms with van der Waals surface area (Å²) in [6, 6.07) is 16.0. The molecule has 0 saturated heterocycles. The first-order valence-corrected chi connectivity index (χ1v) is 15.5. The minimum atomic E-state index is -3.97. The highest BCUT2D eigenvalue weighted by Crippen LogP contribution is 2.40. The van der Waals surface area contributed by atoms with E-state index in [-0.39, 0.29) is 34.7 Å². The van der Waals surface area contributed by atoms with E-state index in [2.05, 4.69) is 46.0 Å². The molecule has 1 heterocycles. The number of carbonyl (C=O) groups excluding carboxylic acids is 1. The molecule has 220 valence electrons. The van der Waals surface area contributed by atoms with Crippen LogP contribution in [-0.2, 0) is 20.2 Å². The molecular formula is C33H42N2O5S. The number of hydrogen-bond donors (Lipinski definition) is 1. The molecule has 1 aliphatic rings. The van der Waals surface area contributed by atoms with E-state index >= 15 is 0 Å². The van der Waals surface area contributed by atoms with Crippen molar-refractivity contribution in [1.82, 2.24) is 5.32 Å². The molecule has 1 aliphatic heterocycles. The van der Waals surface area contributed by atoms with Gasteiger partial charge in [-0.25, -0.2) is 8.42 Å². The summed E-state index contributed by atoms with van der Waals surface area (Å²) in [5.74, 6) is 1.03. The second kappa shape index (κ2) is 11.4. The molecule has 7 nitrogen and oxygen atoms in total. The van der Waals surface area contributed by atoms with Crippen molar-refractivity contribution >= 4 is 21.6 Å². The third-order valence-electron chi connectivity index (χ3n) is 7.66. The van der Waals surface area contributed by atoms with Crippen molar-refractivity contribution < 1.29 is 22.7 Å². The third kappa shape index (κ3) is 6.22. The maximum atomic E-state index is 14.0. The molecule has 8 heteroatoms. The molecule has 0 saturated carbocycles. The van der Waals surface area contributed by atoms with Crippen molar-refractivity contribution in [3.05, 3.63) is 82.4 Å². The highest BCUT2D eigenvalue weighted by atomic mass is 32.2. The van der Waals surface area contributed by atoms with E-state index < -0.39 is 16.1 Å². The predicted octanol–water partition coefficient (Wildman–Crippen LogP) is 6.57. The van der Waals surface area contributed by atoms with E-state index in [1.165, 1.54) is 4.31 Å². The first-order valence-electron chi connectivity index (χ1n) is 14.0. The smallest absolute Gasteiger partial charge is 0.264 e. The molecule has 0 unspecified atom stereocenters. The highest BCUT2D eigenvalue weighted by molar-refractivity contribution is 7.92. The van der Waals surface area contributed by atoms with Gasteiger partial charge in [-0.2, -0.15) is 0 Å². The lowest BCUT2D eigenvalue weighted by Gasteiger charge is -2.36. The number of benzene rings is 3. The Hall–Kier alpha value is -3.52. The normalized spacial score (nSPS) is 16.1. The van der Waals surface area contributed by atoms with Crippen LogP contribution < -0.4 is 19.1 Å². The number of sulfonamides is 1. The second-order valence-electron chi connectivity index (χ2n) is 12.2. The average Bonchev–Trinajstić information content (AvgIpc) is 2.91. The molecule has 41 heavy (non-hydrogen) atoms. The predicted molar refractivity (Wildman–Crippen MR) is 164 cm³/mol. The van der Waals surface area contributed by atoms with Crippen LogP contribution in [0.25, 0.3) is 0 Å². The molecule has 1 N–H and O–H groups in total. The summed E-state index contributed by atoms with van der Waals surface area (Å²) in [4.78, 5) is 13.8. The number of nitrogens with one attached hydrogen (secondary N) is 1. The molecule has 1 amide bonds. The third-order valence-corrected chi connectivity index (χ3v) is 9.46. The van der Waals surface area contributed by atoms with E-state index in [9.17, 15) is 13.2 Å². The van der Waals surface area contributed by atoms with Crippen LogP contribution >= 0.6 is 0 Å². The van der Waals surface area contributed by atoms with Gasteiger partial charge in [0.25, 0.3) is 15.9 Å². The second-order valence-corrected chi connectivity index (χ2v) is 14.1. The fraction of sp³-hybridized carbons (Fsp3) is 0.424. The van der Waals surface area contributed by atoms with E-state index in [1.54, 1.807) is 37.4 Å². The molecule has 0 radical (unpaired) electrons. The maximum Gasteiger partial charge on any atom is 0.264 e. The Morgan fingerprint density at radius 3 is 2.24 bits per heavy atom. The number of anilines is 1. The standard InChI is InChI=1S/C33H42N2O5S/c1-20(2)26-18-27(22(4)16-30(26)39-9)23(5)34-32(36)31-19-35(41(37,38)25-13-10-21(3)11-14-25)28-17-24(33(6,7)8)12-15-29(28)40-31/h10-18,20,23,31H,19H2,1-9H3,(H,34,36)/t23-,31+/m0/s1. The zero-order valence-corrected chi connectivity index (χ0v) is 26.3. The molecule has 0 bridgehead atoms. The molecular weight excluding hydrogens is 536 g/mol. The Morgan fingerprint density at radius 1 is 1.00 bits per heavy atom. The number of carbonyl (C=O) groups is 1. The van der Waals surface area contributed by atoms with Crippen LogP contribution in [0.15, 0.2) is 59.5 Å². The largest absolute Gasteiger partial charge is 0.496 e. The van der Waals surface area contributed by atoms with Crippen LogP contribution in [0.3, 0.4) is 0 Å². The molecule has 2 atom stereocenters. The average molecular weight is 579 g/mol. The van der Waals surface area contributed by atoms with Gasteiger partial charge in [0.2, 0.25) is 0 Å². The van der Waals surface area contributed by atoms with Gasteiger partial charge in [0.1, 0.15) is 11.5 Å². The van der Waals surface area contributed by atoms with Crippen LogP contribution in [0, 0.1) is 13.8 Å². The van der Waals surface area contributed by atoms with Gasteiger partial charge in [-0.05, 0) is 90.8 Å². The van der Waals surface area contributed by atoms with Gasteiger partial charge >= 0.3 is 0 Å². The zero-order chi connectivity index (χ0) is 30.3. The number of hydrogen-bond acceptors (Lipinski definition) is 5. The highest BCUT2D eigenvalue weighted by Gasteiger charge is 2.38. The topological polar surface area (TPSA) is 84.9 Å². The Bertz CT molecular complexity index is 1540. The molecule has 3 aromatic rings. The molecule has 0 aliphatic carbocycles. The van der Waals surface area contributed by atoms with Crippen LogP contribution in [0.5, 0.6) is 11.5 Å². The van der Waals surface area contributed by atoms with Gasteiger partial charge in [0, 0.05) is 0 Å². The molecule has 3 aromatic carbocycles. The minimum Gasteiger partial charge on any atom is -0.496 e. The monoisotopic (exact) mass is 578 g/mol. The van der Waals surface area contributed by atoms with Crippen LogP contribution in [-0.4, -0.2) is 34.1 Å². The fourth-order valence-electron chi connectivity index (χ4n) is 5.11. The van der Waals surface area contributed by atoms with Gasteiger partial charge in [-0.1, -0.05) is 58.4 Å². The summed E-state index contributed by atoms with van der Waals surface area (Å²) < 4.78 is 41.0. The number of ether oxygens (including phenoxy) is 2. The van der Waals surface area contributed by atoms with E-state index in [0.29, 0.717) is 11.4 Å². The van der Waals surface area contributed by atoms with Gasteiger partial charge in [0.15, 0.2) is 6.10 Å². The summed E-state index contributed by atoms with van der Waals surface area (Å²) in [7, 11) is -2.31. The number of rotatable bonds is 7. The Morgan fingerprint density at radius 2 is 1.66 bits per heavy atom. The number of methoxy groups -OCH3 is 1. The lowest BCUT2D eigenvalue weighted by atomic mass is 9.86. The van der Waals surface area contributed by atoms with Crippen LogP contribution in [0.4, 0.5) is 5.69 Å². The first kappa shape index (κ1) is 30.4. The number of amides is 1. The van der Waals surface area contributed by atoms with Gasteiger partial charge in [-0.3, -0.25) is 9.10 Å². The quantitative estimate of drug-likeness (QED) is 0.343. The van der Waals surface area contributed by atoms with Crippen molar-refractivity contribution in [2.75, 3.05) is 18.0 Å². The lowest BCUT2D eigenvalue weighted by molar-refractivity contribution is -0.128. The van der Waals surface area contributed by atoms with Crippen molar-refractivity contribution in [2.45, 2.75) is 83.8 Å². The Balaban J connectivity index is 1.69. The maximum absolute atomic E-state index is 14.0. The molecule has 0 spiro atoms. The SMILES string of the molecule is COc1cc(C)c([C@H](C)NC(=O)[C@H]2CN(S(=O)(=O)c3ccc(C)cc3)c3cc(C(C)(C)C)ccc3O2)cc1C(C)C. The van der Waals surface area contributed by atoms with Crippen molar-refractivity contribution in [3.63, 3.8) is 0 Å². The van der Waals surface area contributed by atoms with Gasteiger partial charge in [0.05, 0.1) is 30.3 Å². The molecule has 0 fully saturated rings. The summed E-state index contributed by atoms with van der Waals surface area (Å²) in [5.41, 5.74) is 5.18. The zero-order valence-electron chi connectivity index (χ0n) is 25.5. The lowest BCUT2D eigenvalue weighted by Crippen LogP contribution is -2.51. The fourth-order valence-corrected chi connectivity index (χ4v) is 6.58. The number of fused-ring (bicyclic) bond motifs is 1. The van der Waals surface area contributed by atoms with Crippen molar-refractivity contribution in [3.8, 4) is 11.5 Å². The number of nitrogens with zero attached hydrogens (tertiary/aromatic N) is 1. The van der Waals surface area contributed by atoms with Crippen LogP contribution in [0.2, 0.25) is 0 Å². The van der Waals surface area contributed by atoms with Gasteiger partial charge in [-0.15, -0.1) is 0 Å². The Kier molecular flexibility index (Phi) is 8.46. The van der Waals surface area contributed by atoms with Crippen molar-refractivity contribution in [2.24, 2.45) is 0 Å². The van der Waals surface area contributed by atoms with Crippen LogP contribution in [0.1, 0.15) is 81.3 Å². The van der Waals surface area contributed by atoms with E-state index in [0.717, 1.165) is 33.6 Å². The Labute approximate surface area is 244 Å². The van der Waals surface area contributed by atoms with Crippen molar-refractivity contribution in [1.29, 1.82) is 0 Å². The minimum absolute atomic E-state index is 0.145. The summed E-state index contributed by atoms with van der Waals surface area (Å²) >= 11 is 0. The molecule has 0 aromatic heterocycles. The summed E-state index contributed by atoms with van der Waals surface area (Å²) in [5, 5.41) is 3.07. The molecule has 4 rings (SSSR count). The van der Waals surface area contributed by atoms with E-state index in [4.69, 9.17) is 9.47 Å². The number of aryl methyl sites for hydroxylation is 2. The van der Waals surface area contributed by atoms with E-state index in [1.807, 2.05) is 39.0 Å². The summed E-state index contributed by atoms with van der Waals surface area (Å²) in [6.45, 7) is 16.1. The first-order chi connectivity index (χ1) is 19.1.